The number of methoxy groups -OCH3 is 1. The fraction of sp³-hybridized carbons (Fsp3) is 0.455. The maximum Gasteiger partial charge on any atom is 0.420 e. The third kappa shape index (κ3) is 1.93. The molecule has 0 amide bonds. The summed E-state index contributed by atoms with van der Waals surface area (Å²) in [5.41, 5.74) is 4.46. The molecule has 0 radical (unpaired) electrons. The molecule has 0 aliphatic heterocycles. The summed E-state index contributed by atoms with van der Waals surface area (Å²) in [4.78, 5) is 0. The normalized spacial score (nSPS) is 17.9. The van der Waals surface area contributed by atoms with E-state index in [1.165, 1.54) is 6.07 Å². The van der Waals surface area contributed by atoms with Crippen molar-refractivity contribution in [2.75, 3.05) is 7.11 Å². The molecule has 94 valence electrons. The van der Waals surface area contributed by atoms with E-state index in [1.54, 1.807) is 0 Å². The number of rotatable bonds is 2. The van der Waals surface area contributed by atoms with Gasteiger partial charge in [0.1, 0.15) is 5.56 Å². The second-order valence-electron chi connectivity index (χ2n) is 4.20. The molecule has 0 saturated heterocycles. The molecule has 3 nitrogen and oxygen atoms in total. The van der Waals surface area contributed by atoms with Gasteiger partial charge in [-0.3, -0.25) is 0 Å². The Morgan fingerprint density at radius 2 is 1.94 bits per heavy atom. The molecule has 0 atom stereocenters. The fourth-order valence-corrected chi connectivity index (χ4v) is 1.81. The first kappa shape index (κ1) is 12.0. The maximum absolute atomic E-state index is 12.6. The highest BCUT2D eigenvalue weighted by Gasteiger charge is 2.44. The highest BCUT2D eigenvalue weighted by molar-refractivity contribution is 5.55. The summed E-state index contributed by atoms with van der Waals surface area (Å²) in [5.74, 6) is -1.07. The molecule has 1 aliphatic carbocycles. The molecule has 1 aromatic carbocycles. The number of aromatic hydroxyl groups is 1. The Bertz CT molecular complexity index is 453. The molecule has 0 aromatic heterocycles. The lowest BCUT2D eigenvalue weighted by molar-refractivity contribution is -0.138. The summed E-state index contributed by atoms with van der Waals surface area (Å²) in [7, 11) is 1.09. The standard InChI is InChI=1S/C11H12F3NO2/c1-17-9-7(11(12,13)14)3-2-6(8(9)16)10(15)4-5-10/h2-3,16H,4-5,15H2,1H3. The number of ether oxygens (including phenoxy) is 1. The average molecular weight is 247 g/mol. The van der Waals surface area contributed by atoms with E-state index in [0.717, 1.165) is 13.2 Å². The second kappa shape index (κ2) is 3.53. The molecule has 0 spiro atoms. The Morgan fingerprint density at radius 1 is 1.35 bits per heavy atom. The number of phenolic OH excluding ortho intramolecular Hbond substituents is 1. The van der Waals surface area contributed by atoms with Gasteiger partial charge in [-0.1, -0.05) is 6.07 Å². The molecule has 2 rings (SSSR count). The first-order valence-electron chi connectivity index (χ1n) is 5.06. The van der Waals surface area contributed by atoms with Gasteiger partial charge in [-0.2, -0.15) is 13.2 Å². The van der Waals surface area contributed by atoms with Crippen LogP contribution in [0.3, 0.4) is 0 Å². The number of hydrogen-bond acceptors (Lipinski definition) is 3. The zero-order valence-corrected chi connectivity index (χ0v) is 9.14. The van der Waals surface area contributed by atoms with Crippen molar-refractivity contribution in [2.45, 2.75) is 24.6 Å². The van der Waals surface area contributed by atoms with Crippen LogP contribution in [0.5, 0.6) is 11.5 Å². The average Bonchev–Trinajstić information content (AvgIpc) is 2.95. The quantitative estimate of drug-likeness (QED) is 0.843. The van der Waals surface area contributed by atoms with Crippen molar-refractivity contribution in [1.29, 1.82) is 0 Å². The molecule has 17 heavy (non-hydrogen) atoms. The minimum atomic E-state index is -4.56. The van der Waals surface area contributed by atoms with Gasteiger partial charge in [0.05, 0.1) is 7.11 Å². The molecular weight excluding hydrogens is 235 g/mol. The van der Waals surface area contributed by atoms with Crippen molar-refractivity contribution in [3.05, 3.63) is 23.3 Å². The van der Waals surface area contributed by atoms with E-state index in [4.69, 9.17) is 5.73 Å². The number of hydrogen-bond donors (Lipinski definition) is 2. The van der Waals surface area contributed by atoms with Crippen LogP contribution in [0.15, 0.2) is 12.1 Å². The summed E-state index contributed by atoms with van der Waals surface area (Å²) in [6.45, 7) is 0. The smallest absolute Gasteiger partial charge is 0.420 e. The number of halogens is 3. The topological polar surface area (TPSA) is 55.5 Å². The van der Waals surface area contributed by atoms with E-state index < -0.39 is 28.8 Å². The highest BCUT2D eigenvalue weighted by atomic mass is 19.4. The SMILES string of the molecule is COc1c(C(F)(F)F)ccc(C2(N)CC2)c1O. The van der Waals surface area contributed by atoms with Crippen LogP contribution in [-0.4, -0.2) is 12.2 Å². The molecule has 0 heterocycles. The summed E-state index contributed by atoms with van der Waals surface area (Å²) in [6, 6.07) is 2.11. The molecule has 1 fully saturated rings. The van der Waals surface area contributed by atoms with Crippen LogP contribution >= 0.6 is 0 Å². The number of nitrogens with two attached hydrogens (primary N) is 1. The molecule has 6 heteroatoms. The Labute approximate surface area is 96.0 Å². The van der Waals surface area contributed by atoms with Gasteiger partial charge in [0.2, 0.25) is 0 Å². The molecular formula is C11H12F3NO2. The van der Waals surface area contributed by atoms with Crippen molar-refractivity contribution in [1.82, 2.24) is 0 Å². The predicted molar refractivity (Wildman–Crippen MR) is 54.8 cm³/mol. The summed E-state index contributed by atoms with van der Waals surface area (Å²) >= 11 is 0. The van der Waals surface area contributed by atoms with Crippen molar-refractivity contribution in [3.8, 4) is 11.5 Å². The predicted octanol–water partition coefficient (Wildman–Crippen LogP) is 2.37. The monoisotopic (exact) mass is 247 g/mol. The van der Waals surface area contributed by atoms with Gasteiger partial charge in [-0.05, 0) is 18.9 Å². The molecule has 1 saturated carbocycles. The number of benzene rings is 1. The molecule has 1 aromatic rings. The molecule has 3 N–H and O–H groups in total. The van der Waals surface area contributed by atoms with E-state index in [0.29, 0.717) is 18.4 Å². The maximum atomic E-state index is 12.6. The van der Waals surface area contributed by atoms with Crippen molar-refractivity contribution >= 4 is 0 Å². The number of phenols is 1. The second-order valence-corrected chi connectivity index (χ2v) is 4.20. The summed E-state index contributed by atoms with van der Waals surface area (Å²) in [5, 5.41) is 9.80. The van der Waals surface area contributed by atoms with E-state index in [2.05, 4.69) is 4.74 Å². The van der Waals surface area contributed by atoms with Crippen molar-refractivity contribution < 1.29 is 23.0 Å². The van der Waals surface area contributed by atoms with Crippen LogP contribution in [0.25, 0.3) is 0 Å². The Kier molecular flexibility index (Phi) is 2.50. The first-order valence-corrected chi connectivity index (χ1v) is 5.06. The van der Waals surface area contributed by atoms with Crippen molar-refractivity contribution in [3.63, 3.8) is 0 Å². The molecule has 0 unspecified atom stereocenters. The van der Waals surface area contributed by atoms with Crippen LogP contribution in [0.1, 0.15) is 24.0 Å². The van der Waals surface area contributed by atoms with Crippen LogP contribution < -0.4 is 10.5 Å². The third-order valence-electron chi connectivity index (χ3n) is 2.97. The van der Waals surface area contributed by atoms with E-state index in [1.807, 2.05) is 0 Å². The third-order valence-corrected chi connectivity index (χ3v) is 2.97. The summed E-state index contributed by atoms with van der Waals surface area (Å²) in [6.07, 6.45) is -3.27. The lowest BCUT2D eigenvalue weighted by Gasteiger charge is -2.18. The van der Waals surface area contributed by atoms with E-state index >= 15 is 0 Å². The Morgan fingerprint density at radius 3 is 2.35 bits per heavy atom. The number of alkyl halides is 3. The van der Waals surface area contributed by atoms with Crippen molar-refractivity contribution in [2.24, 2.45) is 5.73 Å². The van der Waals surface area contributed by atoms with E-state index in [-0.39, 0.29) is 0 Å². The summed E-state index contributed by atoms with van der Waals surface area (Å²) < 4.78 is 42.6. The zero-order chi connectivity index (χ0) is 12.8. The van der Waals surface area contributed by atoms with Gasteiger partial charge in [-0.15, -0.1) is 0 Å². The highest BCUT2D eigenvalue weighted by Crippen LogP contribution is 2.51. The van der Waals surface area contributed by atoms with E-state index in [9.17, 15) is 18.3 Å². The van der Waals surface area contributed by atoms with Crippen LogP contribution in [0, 0.1) is 0 Å². The molecule has 0 bridgehead atoms. The fourth-order valence-electron chi connectivity index (χ4n) is 1.81. The first-order chi connectivity index (χ1) is 7.79. The lowest BCUT2D eigenvalue weighted by Crippen LogP contribution is -2.20. The van der Waals surface area contributed by atoms with Gasteiger partial charge in [0.15, 0.2) is 11.5 Å². The van der Waals surface area contributed by atoms with Gasteiger partial charge in [0.25, 0.3) is 0 Å². The largest absolute Gasteiger partial charge is 0.504 e. The Balaban J connectivity index is 2.57. The van der Waals surface area contributed by atoms with Crippen LogP contribution in [-0.2, 0) is 11.7 Å². The van der Waals surface area contributed by atoms with Gasteiger partial charge in [-0.25, -0.2) is 0 Å². The molecule has 1 aliphatic rings. The van der Waals surface area contributed by atoms with Gasteiger partial charge < -0.3 is 15.6 Å². The van der Waals surface area contributed by atoms with Gasteiger partial charge >= 0.3 is 6.18 Å². The Hall–Kier alpha value is -1.43. The van der Waals surface area contributed by atoms with Gasteiger partial charge in [0, 0.05) is 11.1 Å². The van der Waals surface area contributed by atoms with Crippen LogP contribution in [0.2, 0.25) is 0 Å². The lowest BCUT2D eigenvalue weighted by atomic mass is 10.0. The minimum Gasteiger partial charge on any atom is -0.504 e. The zero-order valence-electron chi connectivity index (χ0n) is 9.14. The van der Waals surface area contributed by atoms with Crippen LogP contribution in [0.4, 0.5) is 13.2 Å². The minimum absolute atomic E-state index is 0.308.